The van der Waals surface area contributed by atoms with Crippen molar-refractivity contribution in [3.63, 3.8) is 0 Å². The Hall–Kier alpha value is -0.360. The van der Waals surface area contributed by atoms with Crippen molar-refractivity contribution in [2.75, 3.05) is 99.1 Å². The van der Waals surface area contributed by atoms with E-state index in [0.717, 1.165) is 12.8 Å². The van der Waals surface area contributed by atoms with Gasteiger partial charge < -0.3 is 43.4 Å². The Morgan fingerprint density at radius 1 is 0.536 bits per heavy atom. The van der Waals surface area contributed by atoms with E-state index in [1.54, 1.807) is 0 Å². The third kappa shape index (κ3) is 23.7. The minimum atomic E-state index is -0.380. The van der Waals surface area contributed by atoms with E-state index in [1.165, 1.54) is 0 Å². The topological polar surface area (TPSA) is 105 Å². The summed E-state index contributed by atoms with van der Waals surface area (Å²) in [6.07, 6.45) is 1.34. The van der Waals surface area contributed by atoms with Gasteiger partial charge in [-0.2, -0.15) is 0 Å². The molecule has 0 aliphatic rings. The van der Waals surface area contributed by atoms with E-state index in [1.807, 2.05) is 6.92 Å². The van der Waals surface area contributed by atoms with E-state index in [-0.39, 0.29) is 12.7 Å². The van der Waals surface area contributed by atoms with E-state index in [4.69, 9.17) is 38.3 Å². The van der Waals surface area contributed by atoms with Crippen LogP contribution in [0.5, 0.6) is 0 Å². The third-order valence-corrected chi connectivity index (χ3v) is 3.40. The fraction of sp³-hybridized carbons (Fsp3) is 1.00. The summed E-state index contributed by atoms with van der Waals surface area (Å²) in [7, 11) is 0. The molecule has 0 saturated heterocycles. The van der Waals surface area contributed by atoms with Crippen LogP contribution in [0.4, 0.5) is 0 Å². The Labute approximate surface area is 169 Å². The van der Waals surface area contributed by atoms with E-state index in [9.17, 15) is 5.11 Å². The summed E-state index contributed by atoms with van der Waals surface area (Å²) in [6, 6.07) is 0. The normalized spacial score (nSPS) is 12.5. The molecule has 0 heterocycles. The second-order valence-corrected chi connectivity index (χ2v) is 5.92. The van der Waals surface area contributed by atoms with Gasteiger partial charge in [0.25, 0.3) is 0 Å². The minimum absolute atomic E-state index is 0.0308. The van der Waals surface area contributed by atoms with Gasteiger partial charge in [0, 0.05) is 0 Å². The summed E-state index contributed by atoms with van der Waals surface area (Å²) >= 11 is 0. The molecule has 0 saturated carbocycles. The summed E-state index contributed by atoms with van der Waals surface area (Å²) in [5.41, 5.74) is 0. The highest BCUT2D eigenvalue weighted by Crippen LogP contribution is 1.96. The predicted octanol–water partition coefficient (Wildman–Crippen LogP) is 0.256. The van der Waals surface area contributed by atoms with Gasteiger partial charge in [0.15, 0.2) is 0 Å². The highest BCUT2D eigenvalue weighted by atomic mass is 16.6. The van der Waals surface area contributed by atoms with Crippen molar-refractivity contribution in [2.45, 2.75) is 25.9 Å². The van der Waals surface area contributed by atoms with Crippen molar-refractivity contribution in [3.8, 4) is 0 Å². The molecule has 0 spiro atoms. The Kier molecular flexibility index (Phi) is 24.4. The first-order valence-electron chi connectivity index (χ1n) is 10.1. The number of aliphatic hydroxyl groups excluding tert-OH is 2. The maximum atomic E-state index is 9.49. The molecule has 28 heavy (non-hydrogen) atoms. The van der Waals surface area contributed by atoms with Gasteiger partial charge in [-0.15, -0.1) is 0 Å². The Balaban J connectivity index is 3.01. The average Bonchev–Trinajstić information content (AvgIpc) is 2.69. The molecule has 0 bridgehead atoms. The van der Waals surface area contributed by atoms with Crippen LogP contribution in [0.3, 0.4) is 0 Å². The van der Waals surface area contributed by atoms with Crippen LogP contribution in [0.1, 0.15) is 19.8 Å². The lowest BCUT2D eigenvalue weighted by Gasteiger charge is -2.10. The van der Waals surface area contributed by atoms with Crippen molar-refractivity contribution in [3.05, 3.63) is 0 Å². The fourth-order valence-corrected chi connectivity index (χ4v) is 2.02. The quantitative estimate of drug-likeness (QED) is 0.216. The molecule has 0 aromatic heterocycles. The van der Waals surface area contributed by atoms with Crippen LogP contribution in [-0.4, -0.2) is 115 Å². The van der Waals surface area contributed by atoms with Crippen LogP contribution >= 0.6 is 0 Å². The largest absolute Gasteiger partial charge is 0.394 e. The van der Waals surface area contributed by atoms with Gasteiger partial charge >= 0.3 is 0 Å². The predicted molar refractivity (Wildman–Crippen MR) is 104 cm³/mol. The molecule has 170 valence electrons. The Morgan fingerprint density at radius 2 is 0.857 bits per heavy atom. The first-order valence-corrected chi connectivity index (χ1v) is 10.1. The van der Waals surface area contributed by atoms with Crippen LogP contribution in [0.15, 0.2) is 0 Å². The van der Waals surface area contributed by atoms with Gasteiger partial charge in [-0.25, -0.2) is 0 Å². The summed E-state index contributed by atoms with van der Waals surface area (Å²) in [6.45, 7) is 8.81. The first kappa shape index (κ1) is 27.6. The first-order chi connectivity index (χ1) is 13.8. The van der Waals surface area contributed by atoms with Crippen molar-refractivity contribution >= 4 is 0 Å². The maximum absolute atomic E-state index is 9.49. The molecule has 9 nitrogen and oxygen atoms in total. The summed E-state index contributed by atoms with van der Waals surface area (Å²) < 4.78 is 37.2. The van der Waals surface area contributed by atoms with Crippen LogP contribution in [0.2, 0.25) is 0 Å². The van der Waals surface area contributed by atoms with Crippen molar-refractivity contribution in [2.24, 2.45) is 0 Å². The lowest BCUT2D eigenvalue weighted by molar-refractivity contribution is -0.0265. The number of rotatable bonds is 24. The maximum Gasteiger partial charge on any atom is 0.0773 e. The molecule has 1 unspecified atom stereocenters. The zero-order chi connectivity index (χ0) is 20.5. The minimum Gasteiger partial charge on any atom is -0.394 e. The molecule has 9 heteroatoms. The Morgan fingerprint density at radius 3 is 1.18 bits per heavy atom. The van der Waals surface area contributed by atoms with Gasteiger partial charge in [-0.05, 0) is 6.42 Å². The number of aliphatic hydroxyl groups is 2. The molecule has 2 N–H and O–H groups in total. The standard InChI is InChI=1S/C19H40O9/c1-2-3-19(21)18-28-17-16-27-15-14-26-13-12-25-11-10-24-9-8-23-7-6-22-5-4-20/h19-21H,2-18H2,1H3. The lowest BCUT2D eigenvalue weighted by Crippen LogP contribution is -2.18. The van der Waals surface area contributed by atoms with Crippen LogP contribution in [0, 0.1) is 0 Å². The van der Waals surface area contributed by atoms with Gasteiger partial charge in [0.05, 0.1) is 105 Å². The van der Waals surface area contributed by atoms with Gasteiger partial charge in [0.2, 0.25) is 0 Å². The molecular formula is C19H40O9. The second kappa shape index (κ2) is 24.7. The average molecular weight is 413 g/mol. The molecule has 1 atom stereocenters. The Bertz CT molecular complexity index is 282. The smallest absolute Gasteiger partial charge is 0.0773 e. The van der Waals surface area contributed by atoms with E-state index < -0.39 is 0 Å². The van der Waals surface area contributed by atoms with Crippen molar-refractivity contribution in [1.82, 2.24) is 0 Å². The highest BCUT2D eigenvalue weighted by molar-refractivity contribution is 4.51. The zero-order valence-corrected chi connectivity index (χ0v) is 17.4. The summed E-state index contributed by atoms with van der Waals surface area (Å²) in [5, 5.41) is 18.0. The SMILES string of the molecule is CCCC(O)COCCOCCOCCOCCOCCOCCOCCO. The molecule has 0 aliphatic carbocycles. The van der Waals surface area contributed by atoms with Crippen LogP contribution in [-0.2, 0) is 33.2 Å². The molecule has 0 aromatic rings. The van der Waals surface area contributed by atoms with Crippen molar-refractivity contribution < 1.29 is 43.4 Å². The van der Waals surface area contributed by atoms with Gasteiger partial charge in [-0.3, -0.25) is 0 Å². The fourth-order valence-electron chi connectivity index (χ4n) is 2.02. The molecule has 0 aliphatic heterocycles. The number of hydrogen-bond acceptors (Lipinski definition) is 9. The van der Waals surface area contributed by atoms with E-state index >= 15 is 0 Å². The molecule has 0 fully saturated rings. The van der Waals surface area contributed by atoms with Gasteiger partial charge in [0.1, 0.15) is 0 Å². The number of hydrogen-bond donors (Lipinski definition) is 2. The van der Waals surface area contributed by atoms with Crippen molar-refractivity contribution in [1.29, 1.82) is 0 Å². The molecule has 0 rings (SSSR count). The molecule has 0 aromatic carbocycles. The van der Waals surface area contributed by atoms with E-state index in [0.29, 0.717) is 92.5 Å². The second-order valence-electron chi connectivity index (χ2n) is 5.92. The molecule has 0 radical (unpaired) electrons. The summed E-state index contributed by atoms with van der Waals surface area (Å²) in [5.74, 6) is 0. The van der Waals surface area contributed by atoms with E-state index in [2.05, 4.69) is 0 Å². The lowest BCUT2D eigenvalue weighted by atomic mass is 10.2. The highest BCUT2D eigenvalue weighted by Gasteiger charge is 2.01. The van der Waals surface area contributed by atoms with Crippen LogP contribution in [0.25, 0.3) is 0 Å². The molecule has 0 amide bonds. The summed E-state index contributed by atoms with van der Waals surface area (Å²) in [4.78, 5) is 0. The monoisotopic (exact) mass is 412 g/mol. The number of ether oxygens (including phenoxy) is 7. The molecular weight excluding hydrogens is 372 g/mol. The third-order valence-electron chi connectivity index (χ3n) is 3.40. The van der Waals surface area contributed by atoms with Crippen LogP contribution < -0.4 is 0 Å². The van der Waals surface area contributed by atoms with Gasteiger partial charge in [-0.1, -0.05) is 13.3 Å². The zero-order valence-electron chi connectivity index (χ0n) is 17.4.